The van der Waals surface area contributed by atoms with E-state index in [1.54, 1.807) is 7.11 Å². The van der Waals surface area contributed by atoms with Gasteiger partial charge in [-0.05, 0) is 36.4 Å². The van der Waals surface area contributed by atoms with Gasteiger partial charge in [0.1, 0.15) is 5.75 Å². The van der Waals surface area contributed by atoms with Crippen LogP contribution in [-0.2, 0) is 0 Å². The summed E-state index contributed by atoms with van der Waals surface area (Å²) >= 11 is 0. The Bertz CT molecular complexity index is 920. The van der Waals surface area contributed by atoms with Gasteiger partial charge in [0.05, 0.1) is 18.5 Å². The highest BCUT2D eigenvalue weighted by atomic mass is 16.5. The highest BCUT2D eigenvalue weighted by Gasteiger charge is 2.11. The minimum atomic E-state index is 0.790. The molecule has 0 spiro atoms. The van der Waals surface area contributed by atoms with Gasteiger partial charge in [0.25, 0.3) is 0 Å². The molecule has 4 nitrogen and oxygen atoms in total. The number of anilines is 2. The highest BCUT2D eigenvalue weighted by Crippen LogP contribution is 2.27. The number of hydrogen-bond donors (Lipinski definition) is 1. The van der Waals surface area contributed by atoms with Crippen LogP contribution in [0.3, 0.4) is 0 Å². The molecule has 0 saturated carbocycles. The molecule has 0 aliphatic rings. The summed E-state index contributed by atoms with van der Waals surface area (Å²) in [7, 11) is 1.66. The number of ether oxygens (including phenoxy) is 1. The molecule has 26 heavy (non-hydrogen) atoms. The maximum atomic E-state index is 5.21. The van der Waals surface area contributed by atoms with Crippen molar-refractivity contribution in [3.05, 3.63) is 91.0 Å². The molecule has 0 aliphatic carbocycles. The fourth-order valence-corrected chi connectivity index (χ4v) is 2.84. The van der Waals surface area contributed by atoms with Gasteiger partial charge in [0, 0.05) is 17.3 Å². The van der Waals surface area contributed by atoms with Crippen molar-refractivity contribution in [1.82, 2.24) is 9.78 Å². The van der Waals surface area contributed by atoms with Gasteiger partial charge in [0.15, 0.2) is 5.82 Å². The van der Waals surface area contributed by atoms with Crippen LogP contribution in [0.25, 0.3) is 16.9 Å². The molecule has 4 rings (SSSR count). The molecule has 1 N–H and O–H groups in total. The van der Waals surface area contributed by atoms with Crippen molar-refractivity contribution in [2.24, 2.45) is 0 Å². The first kappa shape index (κ1) is 16.0. The molecule has 0 fully saturated rings. The third-order valence-electron chi connectivity index (χ3n) is 4.14. The van der Waals surface area contributed by atoms with E-state index in [0.29, 0.717) is 0 Å². The monoisotopic (exact) mass is 341 g/mol. The predicted octanol–water partition coefficient (Wildman–Crippen LogP) is 5.29. The van der Waals surface area contributed by atoms with Gasteiger partial charge in [-0.25, -0.2) is 4.68 Å². The van der Waals surface area contributed by atoms with Crippen molar-refractivity contribution in [3.8, 4) is 22.7 Å². The lowest BCUT2D eigenvalue weighted by Crippen LogP contribution is -1.99. The fraction of sp³-hybridized carbons (Fsp3) is 0.0455. The number of methoxy groups -OCH3 is 1. The molecule has 1 heterocycles. The van der Waals surface area contributed by atoms with Crippen molar-refractivity contribution in [3.63, 3.8) is 0 Å². The summed E-state index contributed by atoms with van der Waals surface area (Å²) in [6, 6.07) is 30.3. The second-order valence-electron chi connectivity index (χ2n) is 5.88. The summed E-state index contributed by atoms with van der Waals surface area (Å²) in [4.78, 5) is 0. The van der Waals surface area contributed by atoms with E-state index in [1.807, 2.05) is 65.3 Å². The molecule has 4 aromatic rings. The van der Waals surface area contributed by atoms with E-state index in [2.05, 4.69) is 35.6 Å². The Balaban J connectivity index is 1.73. The van der Waals surface area contributed by atoms with Crippen molar-refractivity contribution in [2.45, 2.75) is 0 Å². The molecule has 1 aromatic heterocycles. The van der Waals surface area contributed by atoms with Crippen LogP contribution in [0.15, 0.2) is 91.0 Å². The van der Waals surface area contributed by atoms with Crippen molar-refractivity contribution in [2.75, 3.05) is 12.4 Å². The van der Waals surface area contributed by atoms with Crippen LogP contribution in [-0.4, -0.2) is 16.9 Å². The number of nitrogens with one attached hydrogen (secondary N) is 1. The number of benzene rings is 3. The molecule has 0 unspecified atom stereocenters. The third kappa shape index (κ3) is 3.30. The first-order chi connectivity index (χ1) is 12.8. The van der Waals surface area contributed by atoms with Gasteiger partial charge in [-0.2, -0.15) is 0 Å². The summed E-state index contributed by atoms with van der Waals surface area (Å²) in [5.41, 5.74) is 4.14. The quantitative estimate of drug-likeness (QED) is 0.536. The van der Waals surface area contributed by atoms with E-state index < -0.39 is 0 Å². The first-order valence-corrected chi connectivity index (χ1v) is 8.45. The molecular weight excluding hydrogens is 322 g/mol. The van der Waals surface area contributed by atoms with Gasteiger partial charge in [0.2, 0.25) is 0 Å². The summed E-state index contributed by atoms with van der Waals surface area (Å²) in [5.74, 6) is 1.62. The molecule has 3 aromatic carbocycles. The van der Waals surface area contributed by atoms with Gasteiger partial charge in [-0.15, -0.1) is 5.10 Å². The second-order valence-corrected chi connectivity index (χ2v) is 5.88. The average molecular weight is 341 g/mol. The van der Waals surface area contributed by atoms with Crippen LogP contribution in [0.5, 0.6) is 5.75 Å². The maximum absolute atomic E-state index is 5.21. The van der Waals surface area contributed by atoms with Gasteiger partial charge < -0.3 is 10.1 Å². The zero-order valence-corrected chi connectivity index (χ0v) is 14.5. The zero-order valence-electron chi connectivity index (χ0n) is 14.5. The van der Waals surface area contributed by atoms with E-state index in [0.717, 1.165) is 34.2 Å². The van der Waals surface area contributed by atoms with Crippen molar-refractivity contribution < 1.29 is 4.74 Å². The number of para-hydroxylation sites is 1. The van der Waals surface area contributed by atoms with Crippen LogP contribution in [0.2, 0.25) is 0 Å². The Hall–Kier alpha value is -3.53. The van der Waals surface area contributed by atoms with E-state index in [9.17, 15) is 0 Å². The van der Waals surface area contributed by atoms with Gasteiger partial charge >= 0.3 is 0 Å². The minimum Gasteiger partial charge on any atom is -0.497 e. The topological polar surface area (TPSA) is 39.1 Å². The summed E-state index contributed by atoms with van der Waals surface area (Å²) in [5, 5.41) is 8.14. The predicted molar refractivity (Wildman–Crippen MR) is 105 cm³/mol. The lowest BCUT2D eigenvalue weighted by Gasteiger charge is -2.07. The van der Waals surface area contributed by atoms with E-state index in [4.69, 9.17) is 9.84 Å². The molecule has 0 bridgehead atoms. The van der Waals surface area contributed by atoms with Gasteiger partial charge in [-0.3, -0.25) is 0 Å². The largest absolute Gasteiger partial charge is 0.497 e. The van der Waals surface area contributed by atoms with Crippen LogP contribution in [0.4, 0.5) is 11.5 Å². The Labute approximate surface area is 152 Å². The summed E-state index contributed by atoms with van der Waals surface area (Å²) in [6.07, 6.45) is 0. The minimum absolute atomic E-state index is 0.790. The Morgan fingerprint density at radius 3 is 2.12 bits per heavy atom. The first-order valence-electron chi connectivity index (χ1n) is 8.45. The Morgan fingerprint density at radius 1 is 0.808 bits per heavy atom. The Kier molecular flexibility index (Phi) is 4.39. The number of rotatable bonds is 5. The number of hydrogen-bond acceptors (Lipinski definition) is 3. The highest BCUT2D eigenvalue weighted by molar-refractivity contribution is 5.68. The Morgan fingerprint density at radius 2 is 1.46 bits per heavy atom. The van der Waals surface area contributed by atoms with Crippen LogP contribution in [0, 0.1) is 0 Å². The van der Waals surface area contributed by atoms with Crippen molar-refractivity contribution in [1.29, 1.82) is 0 Å². The van der Waals surface area contributed by atoms with Crippen LogP contribution >= 0.6 is 0 Å². The molecule has 4 heteroatoms. The lowest BCUT2D eigenvalue weighted by atomic mass is 10.1. The molecule has 0 amide bonds. The molecule has 128 valence electrons. The van der Waals surface area contributed by atoms with E-state index in [1.165, 1.54) is 0 Å². The zero-order chi connectivity index (χ0) is 17.8. The van der Waals surface area contributed by atoms with Crippen LogP contribution < -0.4 is 10.1 Å². The molecule has 0 saturated heterocycles. The lowest BCUT2D eigenvalue weighted by molar-refractivity contribution is 0.415. The molecule has 0 radical (unpaired) electrons. The van der Waals surface area contributed by atoms with Crippen molar-refractivity contribution >= 4 is 11.5 Å². The van der Waals surface area contributed by atoms with Crippen LogP contribution in [0.1, 0.15) is 0 Å². The average Bonchev–Trinajstić information content (AvgIpc) is 3.14. The van der Waals surface area contributed by atoms with E-state index in [-0.39, 0.29) is 0 Å². The second kappa shape index (κ2) is 7.15. The maximum Gasteiger partial charge on any atom is 0.153 e. The molecular formula is C22H19N3O. The molecule has 0 atom stereocenters. The smallest absolute Gasteiger partial charge is 0.153 e. The fourth-order valence-electron chi connectivity index (χ4n) is 2.84. The molecule has 0 aliphatic heterocycles. The normalized spacial score (nSPS) is 10.5. The van der Waals surface area contributed by atoms with Gasteiger partial charge in [-0.1, -0.05) is 48.5 Å². The summed E-state index contributed by atoms with van der Waals surface area (Å²) in [6.45, 7) is 0. The summed E-state index contributed by atoms with van der Waals surface area (Å²) < 4.78 is 7.17. The van der Waals surface area contributed by atoms with E-state index >= 15 is 0 Å². The third-order valence-corrected chi connectivity index (χ3v) is 4.14. The SMILES string of the molecule is COc1ccc(Nc2cc(-c3ccccc3)n(-c3ccccc3)n2)cc1. The number of nitrogens with zero attached hydrogens (tertiary/aromatic N) is 2. The standard InChI is InChI=1S/C22H19N3O/c1-26-20-14-12-18(13-15-20)23-22-16-21(17-8-4-2-5-9-17)25(24-22)19-10-6-3-7-11-19/h2-16H,1H3,(H,23,24). The number of aromatic nitrogens is 2.